The smallest absolute Gasteiger partial charge is 0.259 e. The average Bonchev–Trinajstić information content (AvgIpc) is 2.70. The molecule has 0 aliphatic heterocycles. The second-order valence-corrected chi connectivity index (χ2v) is 5.44. The third-order valence-electron chi connectivity index (χ3n) is 2.04. The summed E-state index contributed by atoms with van der Waals surface area (Å²) >= 11 is 0. The van der Waals surface area contributed by atoms with Gasteiger partial charge in [-0.2, -0.15) is 9.40 Å². The first-order valence-electron chi connectivity index (χ1n) is 4.68. The number of methoxy groups -OCH3 is 1. The minimum absolute atomic E-state index is 0.0552. The Morgan fingerprint density at radius 3 is 2.88 bits per heavy atom. The van der Waals surface area contributed by atoms with Crippen molar-refractivity contribution in [2.24, 2.45) is 5.73 Å². The van der Waals surface area contributed by atoms with E-state index in [0.29, 0.717) is 6.61 Å². The second kappa shape index (κ2) is 5.39. The van der Waals surface area contributed by atoms with E-state index in [1.54, 1.807) is 0 Å². The highest BCUT2D eigenvalue weighted by Gasteiger charge is 2.23. The van der Waals surface area contributed by atoms with Crippen LogP contribution in [-0.2, 0) is 14.8 Å². The highest BCUT2D eigenvalue weighted by Crippen LogP contribution is 2.10. The van der Waals surface area contributed by atoms with E-state index < -0.39 is 10.0 Å². The molecule has 1 rings (SSSR count). The van der Waals surface area contributed by atoms with Crippen molar-refractivity contribution in [3.63, 3.8) is 0 Å². The molecule has 0 radical (unpaired) electrons. The molecule has 0 spiro atoms. The zero-order valence-corrected chi connectivity index (χ0v) is 10.1. The van der Waals surface area contributed by atoms with E-state index in [0.717, 1.165) is 0 Å². The topological polar surface area (TPSA) is 101 Å². The van der Waals surface area contributed by atoms with Crippen molar-refractivity contribution in [2.45, 2.75) is 11.1 Å². The molecule has 3 N–H and O–H groups in total. The van der Waals surface area contributed by atoms with Gasteiger partial charge in [-0.25, -0.2) is 8.42 Å². The van der Waals surface area contributed by atoms with Crippen molar-refractivity contribution in [3.8, 4) is 0 Å². The second-order valence-electron chi connectivity index (χ2n) is 3.42. The van der Waals surface area contributed by atoms with Crippen LogP contribution >= 0.6 is 0 Å². The molecule has 1 atom stereocenters. The van der Waals surface area contributed by atoms with Crippen LogP contribution in [-0.4, -0.2) is 56.3 Å². The molecule has 7 nitrogen and oxygen atoms in total. The summed E-state index contributed by atoms with van der Waals surface area (Å²) in [6.07, 6.45) is 1.38. The lowest BCUT2D eigenvalue weighted by Crippen LogP contribution is -2.41. The number of hydrogen-bond donors (Lipinski definition) is 2. The van der Waals surface area contributed by atoms with Gasteiger partial charge in [0.2, 0.25) is 0 Å². The summed E-state index contributed by atoms with van der Waals surface area (Å²) in [5.74, 6) is 0. The van der Waals surface area contributed by atoms with Gasteiger partial charge >= 0.3 is 0 Å². The zero-order valence-electron chi connectivity index (χ0n) is 9.25. The minimum Gasteiger partial charge on any atom is -0.383 e. The van der Waals surface area contributed by atoms with Crippen LogP contribution in [0.4, 0.5) is 0 Å². The Bertz CT molecular complexity index is 403. The molecule has 1 unspecified atom stereocenters. The molecule has 16 heavy (non-hydrogen) atoms. The van der Waals surface area contributed by atoms with Crippen molar-refractivity contribution < 1.29 is 13.2 Å². The van der Waals surface area contributed by atoms with E-state index in [1.165, 1.54) is 30.7 Å². The molecule has 0 saturated heterocycles. The molecule has 0 bridgehead atoms. The Balaban J connectivity index is 2.70. The van der Waals surface area contributed by atoms with Crippen LogP contribution in [0, 0.1) is 0 Å². The number of ether oxygens (including phenoxy) is 1. The molecule has 1 aromatic rings. The van der Waals surface area contributed by atoms with Gasteiger partial charge in [-0.1, -0.05) is 0 Å². The van der Waals surface area contributed by atoms with Crippen LogP contribution in [0.15, 0.2) is 17.3 Å². The molecule has 0 amide bonds. The monoisotopic (exact) mass is 248 g/mol. The molecule has 0 fully saturated rings. The first kappa shape index (κ1) is 13.1. The lowest BCUT2D eigenvalue weighted by molar-refractivity contribution is 0.173. The van der Waals surface area contributed by atoms with Crippen molar-refractivity contribution in [1.82, 2.24) is 14.5 Å². The van der Waals surface area contributed by atoms with Crippen LogP contribution in [0.25, 0.3) is 0 Å². The number of sulfonamides is 1. The number of rotatable bonds is 6. The summed E-state index contributed by atoms with van der Waals surface area (Å²) in [5.41, 5.74) is 5.68. The van der Waals surface area contributed by atoms with Crippen LogP contribution in [0.2, 0.25) is 0 Å². The average molecular weight is 248 g/mol. The highest BCUT2D eigenvalue weighted by atomic mass is 32.2. The molecule has 92 valence electrons. The normalized spacial score (nSPS) is 14.2. The number of nitrogens with one attached hydrogen (secondary N) is 1. The molecular formula is C8H16N4O3S. The summed E-state index contributed by atoms with van der Waals surface area (Å²) < 4.78 is 29.8. The molecule has 1 aromatic heterocycles. The fourth-order valence-corrected chi connectivity index (χ4v) is 2.37. The van der Waals surface area contributed by atoms with Gasteiger partial charge in [0.05, 0.1) is 12.8 Å². The lowest BCUT2D eigenvalue weighted by atomic mass is 10.3. The quantitative estimate of drug-likeness (QED) is 0.672. The van der Waals surface area contributed by atoms with E-state index in [2.05, 4.69) is 10.2 Å². The van der Waals surface area contributed by atoms with Gasteiger partial charge in [-0.05, 0) is 6.07 Å². The van der Waals surface area contributed by atoms with Crippen molar-refractivity contribution in [2.75, 3.05) is 27.3 Å². The molecule has 0 aliphatic rings. The Morgan fingerprint density at radius 2 is 2.38 bits per heavy atom. The first-order chi connectivity index (χ1) is 7.48. The Hall–Kier alpha value is -0.960. The number of aromatic amines is 1. The largest absolute Gasteiger partial charge is 0.383 e. The van der Waals surface area contributed by atoms with E-state index in [1.807, 2.05) is 0 Å². The Labute approximate surface area is 94.6 Å². The molecular weight excluding hydrogens is 232 g/mol. The molecule has 1 heterocycles. The van der Waals surface area contributed by atoms with Crippen molar-refractivity contribution >= 4 is 10.0 Å². The van der Waals surface area contributed by atoms with Gasteiger partial charge in [0.1, 0.15) is 0 Å². The van der Waals surface area contributed by atoms with Crippen molar-refractivity contribution in [1.29, 1.82) is 0 Å². The SMILES string of the molecule is COCC(N)CN(C)S(=O)(=O)c1ccn[nH]1. The number of nitrogens with two attached hydrogens (primary N) is 1. The van der Waals surface area contributed by atoms with Gasteiger partial charge in [0.15, 0.2) is 5.03 Å². The predicted octanol–water partition coefficient (Wildman–Crippen LogP) is -0.996. The predicted molar refractivity (Wildman–Crippen MR) is 58.3 cm³/mol. The maximum absolute atomic E-state index is 11.9. The Morgan fingerprint density at radius 1 is 1.69 bits per heavy atom. The maximum Gasteiger partial charge on any atom is 0.259 e. The maximum atomic E-state index is 11.9. The molecule has 0 aromatic carbocycles. The summed E-state index contributed by atoms with van der Waals surface area (Å²) in [6, 6.07) is 1.04. The number of H-pyrrole nitrogens is 1. The van der Waals surface area contributed by atoms with E-state index >= 15 is 0 Å². The zero-order chi connectivity index (χ0) is 12.2. The van der Waals surface area contributed by atoms with Gasteiger partial charge in [-0.3, -0.25) is 5.10 Å². The summed E-state index contributed by atoms with van der Waals surface area (Å²) in [4.78, 5) is 0. The van der Waals surface area contributed by atoms with Gasteiger partial charge < -0.3 is 10.5 Å². The van der Waals surface area contributed by atoms with E-state index in [4.69, 9.17) is 10.5 Å². The number of hydrogen-bond acceptors (Lipinski definition) is 5. The molecule has 0 saturated carbocycles. The van der Waals surface area contributed by atoms with Gasteiger partial charge in [0.25, 0.3) is 10.0 Å². The van der Waals surface area contributed by atoms with Crippen LogP contribution in [0.1, 0.15) is 0 Å². The number of nitrogens with zero attached hydrogens (tertiary/aromatic N) is 2. The van der Waals surface area contributed by atoms with Crippen LogP contribution in [0.5, 0.6) is 0 Å². The Kier molecular flexibility index (Phi) is 4.42. The summed E-state index contributed by atoms with van der Waals surface area (Å²) in [6.45, 7) is 0.498. The summed E-state index contributed by atoms with van der Waals surface area (Å²) in [7, 11) is -0.548. The minimum atomic E-state index is -3.53. The highest BCUT2D eigenvalue weighted by molar-refractivity contribution is 7.89. The first-order valence-corrected chi connectivity index (χ1v) is 6.12. The molecule has 0 aliphatic carbocycles. The molecule has 8 heteroatoms. The third-order valence-corrected chi connectivity index (χ3v) is 3.79. The van der Waals surface area contributed by atoms with E-state index in [9.17, 15) is 8.42 Å². The van der Waals surface area contributed by atoms with Crippen LogP contribution < -0.4 is 5.73 Å². The summed E-state index contributed by atoms with van der Waals surface area (Å²) in [5, 5.41) is 6.07. The lowest BCUT2D eigenvalue weighted by Gasteiger charge is -2.19. The fraction of sp³-hybridized carbons (Fsp3) is 0.625. The van der Waals surface area contributed by atoms with E-state index in [-0.39, 0.29) is 17.6 Å². The third kappa shape index (κ3) is 3.01. The number of likely N-dealkylation sites (N-methyl/N-ethyl adjacent to an activating group) is 1. The van der Waals surface area contributed by atoms with Gasteiger partial charge in [-0.15, -0.1) is 0 Å². The van der Waals surface area contributed by atoms with Crippen molar-refractivity contribution in [3.05, 3.63) is 12.3 Å². The standard InChI is InChI=1S/C8H16N4O3S/c1-12(5-7(9)6-15-2)16(13,14)8-3-4-10-11-8/h3-4,7H,5-6,9H2,1-2H3,(H,10,11). The van der Waals surface area contributed by atoms with Gasteiger partial charge in [0, 0.05) is 26.7 Å². The fourth-order valence-electron chi connectivity index (χ4n) is 1.25. The van der Waals surface area contributed by atoms with Crippen LogP contribution in [0.3, 0.4) is 0 Å². The number of aromatic nitrogens is 2.